The van der Waals surface area contributed by atoms with E-state index in [0.717, 1.165) is 30.6 Å². The molecule has 2 unspecified atom stereocenters. The molecule has 0 radical (unpaired) electrons. The van der Waals surface area contributed by atoms with E-state index in [-0.39, 0.29) is 5.78 Å². The molecule has 1 aromatic rings. The van der Waals surface area contributed by atoms with Gasteiger partial charge >= 0.3 is 0 Å². The fraction of sp³-hybridized carbons (Fsp3) is 0.588. The van der Waals surface area contributed by atoms with Gasteiger partial charge in [0.1, 0.15) is 0 Å². The van der Waals surface area contributed by atoms with E-state index in [1.807, 2.05) is 18.2 Å². The van der Waals surface area contributed by atoms with E-state index in [0.29, 0.717) is 10.6 Å². The molecule has 2 aliphatic rings. The van der Waals surface area contributed by atoms with Crippen molar-refractivity contribution in [3.05, 3.63) is 28.8 Å². The molecule has 20 heavy (non-hydrogen) atoms. The zero-order valence-electron chi connectivity index (χ0n) is 12.1. The Morgan fingerprint density at radius 1 is 1.20 bits per heavy atom. The molecular formula is C17H22ClNO. The summed E-state index contributed by atoms with van der Waals surface area (Å²) in [6, 6.07) is 5.73. The van der Waals surface area contributed by atoms with Crippen LogP contribution in [0.3, 0.4) is 0 Å². The maximum Gasteiger partial charge on any atom is 0.159 e. The number of halogens is 1. The normalized spacial score (nSPS) is 26.2. The summed E-state index contributed by atoms with van der Waals surface area (Å²) in [4.78, 5) is 13.8. The largest absolute Gasteiger partial charge is 0.370 e. The highest BCUT2D eigenvalue weighted by molar-refractivity contribution is 6.33. The Labute approximate surface area is 126 Å². The summed E-state index contributed by atoms with van der Waals surface area (Å²) in [5.74, 6) is 1.83. The van der Waals surface area contributed by atoms with Crippen molar-refractivity contribution in [1.82, 2.24) is 0 Å². The molecule has 2 atom stereocenters. The number of rotatable bonds is 2. The van der Waals surface area contributed by atoms with Crippen molar-refractivity contribution in [3.63, 3.8) is 0 Å². The molecule has 2 nitrogen and oxygen atoms in total. The lowest BCUT2D eigenvalue weighted by Gasteiger charge is -2.42. The van der Waals surface area contributed by atoms with Crippen molar-refractivity contribution in [2.45, 2.75) is 39.0 Å². The van der Waals surface area contributed by atoms with E-state index >= 15 is 0 Å². The summed E-state index contributed by atoms with van der Waals surface area (Å²) in [5.41, 5.74) is 1.80. The molecule has 1 saturated carbocycles. The summed E-state index contributed by atoms with van der Waals surface area (Å²) in [7, 11) is 0. The number of carbonyl (C=O) groups excluding carboxylic acids is 1. The minimum atomic E-state index is 0.0736. The van der Waals surface area contributed by atoms with Crippen molar-refractivity contribution >= 4 is 23.1 Å². The minimum Gasteiger partial charge on any atom is -0.370 e. The second-order valence-corrected chi connectivity index (χ2v) is 6.67. The van der Waals surface area contributed by atoms with Gasteiger partial charge in [0, 0.05) is 18.7 Å². The number of fused-ring (bicyclic) bond motifs is 1. The maximum absolute atomic E-state index is 11.4. The van der Waals surface area contributed by atoms with E-state index < -0.39 is 0 Å². The highest BCUT2D eigenvalue weighted by Crippen LogP contribution is 2.39. The topological polar surface area (TPSA) is 20.3 Å². The zero-order valence-corrected chi connectivity index (χ0v) is 12.8. The van der Waals surface area contributed by atoms with Crippen LogP contribution in [0.25, 0.3) is 0 Å². The first kappa shape index (κ1) is 13.9. The third kappa shape index (κ3) is 2.71. The zero-order chi connectivity index (χ0) is 14.1. The molecule has 0 spiro atoms. The predicted molar refractivity (Wildman–Crippen MR) is 83.7 cm³/mol. The Morgan fingerprint density at radius 2 is 1.95 bits per heavy atom. The predicted octanol–water partition coefficient (Wildman–Crippen LogP) is 4.56. The van der Waals surface area contributed by atoms with Crippen LogP contribution in [0.1, 0.15) is 49.4 Å². The third-order valence-electron chi connectivity index (χ3n) is 4.99. The van der Waals surface area contributed by atoms with Crippen molar-refractivity contribution in [2.75, 3.05) is 18.0 Å². The quantitative estimate of drug-likeness (QED) is 0.745. The van der Waals surface area contributed by atoms with Gasteiger partial charge in [-0.25, -0.2) is 0 Å². The molecule has 1 aliphatic heterocycles. The molecule has 0 bridgehead atoms. The van der Waals surface area contributed by atoms with Gasteiger partial charge in [0.15, 0.2) is 5.78 Å². The molecule has 1 saturated heterocycles. The van der Waals surface area contributed by atoms with E-state index in [1.165, 1.54) is 32.1 Å². The van der Waals surface area contributed by atoms with Crippen LogP contribution in [0.15, 0.2) is 18.2 Å². The van der Waals surface area contributed by atoms with Crippen molar-refractivity contribution in [1.29, 1.82) is 0 Å². The highest BCUT2D eigenvalue weighted by Gasteiger charge is 2.31. The molecule has 0 aromatic heterocycles. The van der Waals surface area contributed by atoms with Gasteiger partial charge in [-0.1, -0.05) is 30.9 Å². The van der Waals surface area contributed by atoms with Crippen LogP contribution in [0, 0.1) is 11.8 Å². The van der Waals surface area contributed by atoms with Gasteiger partial charge in [0.2, 0.25) is 0 Å². The molecule has 0 amide bonds. The van der Waals surface area contributed by atoms with Gasteiger partial charge in [0.05, 0.1) is 10.7 Å². The Kier molecular flexibility index (Phi) is 4.02. The first-order chi connectivity index (χ1) is 9.65. The number of carbonyl (C=O) groups is 1. The van der Waals surface area contributed by atoms with E-state index in [1.54, 1.807) is 6.92 Å². The smallest absolute Gasteiger partial charge is 0.159 e. The first-order valence-corrected chi connectivity index (χ1v) is 8.08. The first-order valence-electron chi connectivity index (χ1n) is 7.70. The van der Waals surface area contributed by atoms with Crippen molar-refractivity contribution in [2.24, 2.45) is 11.8 Å². The molecular weight excluding hydrogens is 270 g/mol. The van der Waals surface area contributed by atoms with Crippen LogP contribution in [0.4, 0.5) is 5.69 Å². The van der Waals surface area contributed by atoms with Gasteiger partial charge in [-0.05, 0) is 49.8 Å². The fourth-order valence-electron chi connectivity index (χ4n) is 3.80. The van der Waals surface area contributed by atoms with Crippen LogP contribution < -0.4 is 4.90 Å². The molecule has 2 fully saturated rings. The third-order valence-corrected chi connectivity index (χ3v) is 5.29. The second kappa shape index (κ2) is 5.77. The molecule has 0 N–H and O–H groups in total. The van der Waals surface area contributed by atoms with Crippen LogP contribution in [0.5, 0.6) is 0 Å². The molecule has 108 valence electrons. The van der Waals surface area contributed by atoms with Crippen LogP contribution in [0.2, 0.25) is 5.02 Å². The average molecular weight is 292 g/mol. The number of Topliss-reactive ketones (excluding diaryl/α,β-unsaturated/α-hetero) is 1. The Balaban J connectivity index is 1.78. The summed E-state index contributed by atoms with van der Waals surface area (Å²) in [6.07, 6.45) is 6.86. The summed E-state index contributed by atoms with van der Waals surface area (Å²) >= 11 is 6.39. The van der Waals surface area contributed by atoms with Crippen LogP contribution >= 0.6 is 11.6 Å². The van der Waals surface area contributed by atoms with E-state index in [9.17, 15) is 4.79 Å². The number of benzene rings is 1. The minimum absolute atomic E-state index is 0.0736. The lowest BCUT2D eigenvalue weighted by molar-refractivity contribution is 0.101. The standard InChI is InChI=1S/C17H22ClNO/c1-12(20)14-6-7-17(16(18)10-14)19-9-8-13-4-2-3-5-15(13)11-19/h6-7,10,13,15H,2-5,8-9,11H2,1H3. The SMILES string of the molecule is CC(=O)c1ccc(N2CCC3CCCCC3C2)c(Cl)c1. The highest BCUT2D eigenvalue weighted by atomic mass is 35.5. The molecule has 1 aliphatic carbocycles. The van der Waals surface area contributed by atoms with Gasteiger partial charge in [-0.2, -0.15) is 0 Å². The Bertz CT molecular complexity index is 514. The van der Waals surface area contributed by atoms with Crippen molar-refractivity contribution in [3.8, 4) is 0 Å². The molecule has 3 rings (SSSR count). The molecule has 3 heteroatoms. The van der Waals surface area contributed by atoms with Crippen molar-refractivity contribution < 1.29 is 4.79 Å². The van der Waals surface area contributed by atoms with Gasteiger partial charge < -0.3 is 4.90 Å². The number of anilines is 1. The van der Waals surface area contributed by atoms with Crippen LogP contribution in [-0.2, 0) is 0 Å². The van der Waals surface area contributed by atoms with Gasteiger partial charge in [-0.3, -0.25) is 4.79 Å². The number of hydrogen-bond donors (Lipinski definition) is 0. The summed E-state index contributed by atoms with van der Waals surface area (Å²) < 4.78 is 0. The monoisotopic (exact) mass is 291 g/mol. The number of nitrogens with zero attached hydrogens (tertiary/aromatic N) is 1. The lowest BCUT2D eigenvalue weighted by atomic mass is 9.75. The number of ketones is 1. The second-order valence-electron chi connectivity index (χ2n) is 6.26. The van der Waals surface area contributed by atoms with Crippen LogP contribution in [-0.4, -0.2) is 18.9 Å². The van der Waals surface area contributed by atoms with Gasteiger partial charge in [-0.15, -0.1) is 0 Å². The van der Waals surface area contributed by atoms with Gasteiger partial charge in [0.25, 0.3) is 0 Å². The number of piperidine rings is 1. The van der Waals surface area contributed by atoms with E-state index in [4.69, 9.17) is 11.6 Å². The molecule has 1 heterocycles. The lowest BCUT2D eigenvalue weighted by Crippen LogP contribution is -2.41. The number of hydrogen-bond acceptors (Lipinski definition) is 2. The fourth-order valence-corrected chi connectivity index (χ4v) is 4.10. The Morgan fingerprint density at radius 3 is 2.65 bits per heavy atom. The maximum atomic E-state index is 11.4. The Hall–Kier alpha value is -1.02. The summed E-state index contributed by atoms with van der Waals surface area (Å²) in [6.45, 7) is 3.81. The van der Waals surface area contributed by atoms with E-state index in [2.05, 4.69) is 4.90 Å². The molecule has 1 aromatic carbocycles. The summed E-state index contributed by atoms with van der Waals surface area (Å²) in [5, 5.41) is 0.715. The average Bonchev–Trinajstić information content (AvgIpc) is 2.46.